The summed E-state index contributed by atoms with van der Waals surface area (Å²) in [5, 5.41) is 0. The first kappa shape index (κ1) is 15.1. The quantitative estimate of drug-likeness (QED) is 0.899. The minimum Gasteiger partial charge on any atom is -0.376 e. The molecule has 2 aliphatic rings. The monoisotopic (exact) mass is 287 g/mol. The molecule has 2 fully saturated rings. The minimum atomic E-state index is -0.0166. The second-order valence-corrected chi connectivity index (χ2v) is 7.90. The van der Waals surface area contributed by atoms with Crippen LogP contribution in [0.2, 0.25) is 0 Å². The zero-order valence-electron chi connectivity index (χ0n) is 13.9. The van der Waals surface area contributed by atoms with Crippen LogP contribution >= 0.6 is 0 Å². The maximum Gasteiger partial charge on any atom is 0.0663 e. The van der Waals surface area contributed by atoms with E-state index in [1.807, 2.05) is 0 Å². The molecule has 1 aromatic rings. The predicted octanol–water partition coefficient (Wildman–Crippen LogP) is 4.23. The third-order valence-corrected chi connectivity index (χ3v) is 6.78. The number of hydrogen-bond acceptors (Lipinski definition) is 2. The van der Waals surface area contributed by atoms with Crippen LogP contribution in [0.5, 0.6) is 0 Å². The van der Waals surface area contributed by atoms with Gasteiger partial charge in [-0.2, -0.15) is 0 Å². The predicted molar refractivity (Wildman–Crippen MR) is 87.1 cm³/mol. The molecule has 0 aromatic heterocycles. The number of nitrogens with two attached hydrogens (primary N) is 1. The van der Waals surface area contributed by atoms with Crippen molar-refractivity contribution in [3.05, 3.63) is 35.4 Å². The molecule has 4 unspecified atom stereocenters. The summed E-state index contributed by atoms with van der Waals surface area (Å²) in [7, 11) is 0. The summed E-state index contributed by atoms with van der Waals surface area (Å²) in [6.07, 6.45) is 4.26. The number of fused-ring (bicyclic) bond motifs is 2. The molecule has 2 heteroatoms. The van der Waals surface area contributed by atoms with Gasteiger partial charge in [-0.3, -0.25) is 0 Å². The average Bonchev–Trinajstić information content (AvgIpc) is 2.78. The Hall–Kier alpha value is -0.860. The first-order valence-corrected chi connectivity index (χ1v) is 8.29. The molecule has 3 rings (SSSR count). The molecule has 2 saturated carbocycles. The summed E-state index contributed by atoms with van der Waals surface area (Å²) in [5.41, 5.74) is 9.56. The van der Waals surface area contributed by atoms with Crippen LogP contribution in [0.4, 0.5) is 0 Å². The van der Waals surface area contributed by atoms with E-state index < -0.39 is 0 Å². The van der Waals surface area contributed by atoms with Crippen LogP contribution in [0.15, 0.2) is 24.3 Å². The Balaban J connectivity index is 1.66. The Kier molecular flexibility index (Phi) is 3.66. The molecule has 0 aliphatic heterocycles. The molecule has 2 aliphatic carbocycles. The highest BCUT2D eigenvalue weighted by Gasteiger charge is 2.61. The van der Waals surface area contributed by atoms with Crippen LogP contribution < -0.4 is 5.73 Å². The van der Waals surface area contributed by atoms with E-state index in [2.05, 4.69) is 52.0 Å². The van der Waals surface area contributed by atoms with Crippen molar-refractivity contribution >= 4 is 0 Å². The third-order valence-electron chi connectivity index (χ3n) is 6.78. The van der Waals surface area contributed by atoms with Gasteiger partial charge < -0.3 is 10.5 Å². The van der Waals surface area contributed by atoms with E-state index in [9.17, 15) is 0 Å². The van der Waals surface area contributed by atoms with E-state index in [0.29, 0.717) is 23.5 Å². The van der Waals surface area contributed by atoms with Gasteiger partial charge in [0.25, 0.3) is 0 Å². The lowest BCUT2D eigenvalue weighted by molar-refractivity contribution is -0.0510. The molecule has 0 amide bonds. The van der Waals surface area contributed by atoms with Gasteiger partial charge in [0.2, 0.25) is 0 Å². The van der Waals surface area contributed by atoms with Crippen molar-refractivity contribution in [1.82, 2.24) is 0 Å². The molecule has 116 valence electrons. The number of ether oxygens (including phenoxy) is 1. The van der Waals surface area contributed by atoms with E-state index in [-0.39, 0.29) is 6.04 Å². The summed E-state index contributed by atoms with van der Waals surface area (Å²) in [5.74, 6) is 0.821. The van der Waals surface area contributed by atoms with Crippen molar-refractivity contribution in [2.24, 2.45) is 22.5 Å². The highest BCUT2D eigenvalue weighted by Crippen LogP contribution is 2.66. The molecule has 2 nitrogen and oxygen atoms in total. The number of rotatable bonds is 4. The topological polar surface area (TPSA) is 35.2 Å². The van der Waals surface area contributed by atoms with E-state index in [1.165, 1.54) is 30.4 Å². The van der Waals surface area contributed by atoms with E-state index in [0.717, 1.165) is 5.92 Å². The lowest BCUT2D eigenvalue weighted by Crippen LogP contribution is -2.38. The zero-order valence-corrected chi connectivity index (χ0v) is 13.9. The second kappa shape index (κ2) is 5.10. The summed E-state index contributed by atoms with van der Waals surface area (Å²) < 4.78 is 6.32. The van der Waals surface area contributed by atoms with Gasteiger partial charge in [-0.25, -0.2) is 0 Å². The van der Waals surface area contributed by atoms with Gasteiger partial charge >= 0.3 is 0 Å². The summed E-state index contributed by atoms with van der Waals surface area (Å²) >= 11 is 0. The van der Waals surface area contributed by atoms with Crippen LogP contribution in [0.3, 0.4) is 0 Å². The van der Waals surface area contributed by atoms with Gasteiger partial charge in [0, 0.05) is 0 Å². The van der Waals surface area contributed by atoms with Gasteiger partial charge in [0.15, 0.2) is 0 Å². The lowest BCUT2D eigenvalue weighted by atomic mass is 9.70. The van der Waals surface area contributed by atoms with Crippen molar-refractivity contribution in [2.75, 3.05) is 6.61 Å². The fourth-order valence-electron chi connectivity index (χ4n) is 4.69. The standard InChI is InChI=1S/C19H29NO/c1-13-7-5-6-8-15(13)16(20)12-21-17-11-14-9-10-19(17,4)18(14,2)3/h5-8,14,16-17H,9-12,20H2,1-4H3. The summed E-state index contributed by atoms with van der Waals surface area (Å²) in [6, 6.07) is 8.35. The Morgan fingerprint density at radius 2 is 2.00 bits per heavy atom. The molecule has 2 bridgehead atoms. The first-order chi connectivity index (χ1) is 9.86. The molecule has 0 saturated heterocycles. The SMILES string of the molecule is Cc1ccccc1C(N)COC1CC2CCC1(C)C2(C)C. The molecule has 0 spiro atoms. The summed E-state index contributed by atoms with van der Waals surface area (Å²) in [4.78, 5) is 0. The minimum absolute atomic E-state index is 0.0166. The van der Waals surface area contributed by atoms with E-state index in [4.69, 9.17) is 10.5 Å². The fraction of sp³-hybridized carbons (Fsp3) is 0.684. The lowest BCUT2D eigenvalue weighted by Gasteiger charge is -2.39. The summed E-state index contributed by atoms with van der Waals surface area (Å²) in [6.45, 7) is 10.0. The first-order valence-electron chi connectivity index (χ1n) is 8.29. The molecular formula is C19H29NO. The van der Waals surface area contributed by atoms with Crippen LogP contribution in [-0.2, 0) is 4.74 Å². The molecule has 0 heterocycles. The van der Waals surface area contributed by atoms with Crippen LogP contribution in [0.1, 0.15) is 57.2 Å². The van der Waals surface area contributed by atoms with Crippen LogP contribution in [0, 0.1) is 23.7 Å². The van der Waals surface area contributed by atoms with Gasteiger partial charge in [0.05, 0.1) is 18.8 Å². The largest absolute Gasteiger partial charge is 0.376 e. The Labute approximate surface area is 129 Å². The zero-order chi connectivity index (χ0) is 15.3. The Bertz CT molecular complexity index is 524. The van der Waals surface area contributed by atoms with Gasteiger partial charge in [-0.15, -0.1) is 0 Å². The Morgan fingerprint density at radius 1 is 1.29 bits per heavy atom. The van der Waals surface area contributed by atoms with E-state index in [1.54, 1.807) is 0 Å². The molecule has 0 radical (unpaired) electrons. The van der Waals surface area contributed by atoms with Crippen molar-refractivity contribution in [3.8, 4) is 0 Å². The van der Waals surface area contributed by atoms with Crippen molar-refractivity contribution < 1.29 is 4.74 Å². The number of aryl methyl sites for hydroxylation is 1. The number of hydrogen-bond donors (Lipinski definition) is 1. The molecule has 1 aromatic carbocycles. The normalized spacial score (nSPS) is 35.1. The smallest absolute Gasteiger partial charge is 0.0663 e. The third kappa shape index (κ3) is 2.24. The highest BCUT2D eigenvalue weighted by molar-refractivity contribution is 5.28. The van der Waals surface area contributed by atoms with Crippen molar-refractivity contribution in [3.63, 3.8) is 0 Å². The number of benzene rings is 1. The average molecular weight is 287 g/mol. The fourth-order valence-corrected chi connectivity index (χ4v) is 4.69. The molecule has 21 heavy (non-hydrogen) atoms. The molecule has 4 atom stereocenters. The van der Waals surface area contributed by atoms with Crippen molar-refractivity contribution in [1.29, 1.82) is 0 Å². The maximum atomic E-state index is 6.36. The van der Waals surface area contributed by atoms with Gasteiger partial charge in [-0.1, -0.05) is 45.0 Å². The van der Waals surface area contributed by atoms with Crippen LogP contribution in [0.25, 0.3) is 0 Å². The second-order valence-electron chi connectivity index (χ2n) is 7.90. The van der Waals surface area contributed by atoms with Gasteiger partial charge in [0.1, 0.15) is 0 Å². The van der Waals surface area contributed by atoms with E-state index >= 15 is 0 Å². The maximum absolute atomic E-state index is 6.36. The molecule has 2 N–H and O–H groups in total. The molecular weight excluding hydrogens is 258 g/mol. The van der Waals surface area contributed by atoms with Crippen molar-refractivity contribution in [2.45, 2.75) is 59.1 Å². The van der Waals surface area contributed by atoms with Crippen LogP contribution in [-0.4, -0.2) is 12.7 Å². The van der Waals surface area contributed by atoms with Gasteiger partial charge in [-0.05, 0) is 54.1 Å². The Morgan fingerprint density at radius 3 is 2.57 bits per heavy atom. The highest BCUT2D eigenvalue weighted by atomic mass is 16.5.